The molecule has 0 fully saturated rings. The van der Waals surface area contributed by atoms with Crippen LogP contribution in [0.2, 0.25) is 5.15 Å². The lowest BCUT2D eigenvalue weighted by Gasteiger charge is -2.08. The van der Waals surface area contributed by atoms with Gasteiger partial charge in [-0.2, -0.15) is 0 Å². The Kier molecular flexibility index (Phi) is 4.93. The van der Waals surface area contributed by atoms with Gasteiger partial charge in [0.2, 0.25) is 0 Å². The third-order valence-electron chi connectivity index (χ3n) is 2.59. The van der Waals surface area contributed by atoms with Gasteiger partial charge in [0.1, 0.15) is 5.15 Å². The molecule has 1 aromatic heterocycles. The number of amides is 1. The number of rotatable bonds is 4. The van der Waals surface area contributed by atoms with Crippen LogP contribution in [0, 0.1) is 0 Å². The number of carboxylic acid groups (broad SMARTS) is 1. The Hall–Kier alpha value is -1.92. The van der Waals surface area contributed by atoms with Crippen LogP contribution in [0.3, 0.4) is 0 Å². The zero-order valence-corrected chi connectivity index (χ0v) is 13.0. The van der Waals surface area contributed by atoms with Crippen LogP contribution in [0.5, 0.6) is 0 Å². The summed E-state index contributed by atoms with van der Waals surface area (Å²) in [6, 6.07) is 8.19. The Labute approximate surface area is 134 Å². The SMILES string of the molecule is O=C(O)Cc1cccc(NC(=O)c2cc(Br)cnc2Cl)c1. The van der Waals surface area contributed by atoms with Crippen molar-refractivity contribution >= 4 is 45.1 Å². The number of nitrogens with one attached hydrogen (secondary N) is 1. The zero-order chi connectivity index (χ0) is 15.4. The van der Waals surface area contributed by atoms with E-state index in [9.17, 15) is 9.59 Å². The molecule has 0 unspecified atom stereocenters. The van der Waals surface area contributed by atoms with E-state index in [1.54, 1.807) is 30.3 Å². The molecule has 2 rings (SSSR count). The van der Waals surface area contributed by atoms with Gasteiger partial charge >= 0.3 is 5.97 Å². The molecule has 1 aromatic carbocycles. The highest BCUT2D eigenvalue weighted by molar-refractivity contribution is 9.10. The highest BCUT2D eigenvalue weighted by atomic mass is 79.9. The van der Waals surface area contributed by atoms with Crippen LogP contribution in [-0.2, 0) is 11.2 Å². The maximum Gasteiger partial charge on any atom is 0.307 e. The summed E-state index contributed by atoms with van der Waals surface area (Å²) < 4.78 is 0.636. The number of carbonyl (C=O) groups is 2. The van der Waals surface area contributed by atoms with Crippen LogP contribution in [0.15, 0.2) is 41.0 Å². The number of aromatic nitrogens is 1. The van der Waals surface area contributed by atoms with E-state index in [1.807, 2.05) is 0 Å². The lowest BCUT2D eigenvalue weighted by molar-refractivity contribution is -0.136. The number of anilines is 1. The molecule has 0 aliphatic carbocycles. The molecule has 0 radical (unpaired) electrons. The van der Waals surface area contributed by atoms with E-state index in [2.05, 4.69) is 26.2 Å². The maximum atomic E-state index is 12.1. The molecular weight excluding hydrogens is 360 g/mol. The summed E-state index contributed by atoms with van der Waals surface area (Å²) in [5.74, 6) is -1.35. The third kappa shape index (κ3) is 4.27. The largest absolute Gasteiger partial charge is 0.481 e. The van der Waals surface area contributed by atoms with Crippen molar-refractivity contribution in [2.45, 2.75) is 6.42 Å². The number of carbonyl (C=O) groups excluding carboxylic acids is 1. The normalized spacial score (nSPS) is 10.2. The Morgan fingerprint density at radius 2 is 2.10 bits per heavy atom. The lowest BCUT2D eigenvalue weighted by atomic mass is 10.1. The highest BCUT2D eigenvalue weighted by Crippen LogP contribution is 2.20. The summed E-state index contributed by atoms with van der Waals surface area (Å²) in [4.78, 5) is 26.7. The number of carboxylic acids is 1. The molecule has 0 saturated carbocycles. The molecule has 2 aromatic rings. The zero-order valence-electron chi connectivity index (χ0n) is 10.6. The minimum absolute atomic E-state index is 0.0948. The fourth-order valence-electron chi connectivity index (χ4n) is 1.71. The molecule has 0 atom stereocenters. The summed E-state index contributed by atoms with van der Waals surface area (Å²) in [6.07, 6.45) is 1.38. The van der Waals surface area contributed by atoms with Crippen LogP contribution < -0.4 is 5.32 Å². The molecule has 1 amide bonds. The van der Waals surface area contributed by atoms with Gasteiger partial charge in [-0.25, -0.2) is 4.98 Å². The topological polar surface area (TPSA) is 79.3 Å². The minimum atomic E-state index is -0.933. The fourth-order valence-corrected chi connectivity index (χ4v) is 2.23. The van der Waals surface area contributed by atoms with Gasteiger partial charge in [0.25, 0.3) is 5.91 Å². The van der Waals surface area contributed by atoms with Gasteiger partial charge in [-0.1, -0.05) is 23.7 Å². The van der Waals surface area contributed by atoms with Crippen molar-refractivity contribution in [3.63, 3.8) is 0 Å². The predicted molar refractivity (Wildman–Crippen MR) is 82.7 cm³/mol. The second-order valence-electron chi connectivity index (χ2n) is 4.22. The molecule has 2 N–H and O–H groups in total. The predicted octanol–water partition coefficient (Wildman–Crippen LogP) is 3.38. The van der Waals surface area contributed by atoms with Gasteiger partial charge in [-0.15, -0.1) is 0 Å². The molecule has 0 aliphatic heterocycles. The highest BCUT2D eigenvalue weighted by Gasteiger charge is 2.12. The number of halogens is 2. The van der Waals surface area contributed by atoms with Crippen LogP contribution in [-0.4, -0.2) is 22.0 Å². The number of pyridine rings is 1. The van der Waals surface area contributed by atoms with Crippen molar-refractivity contribution in [2.75, 3.05) is 5.32 Å². The van der Waals surface area contributed by atoms with Crippen LogP contribution in [0.4, 0.5) is 5.69 Å². The molecule has 5 nitrogen and oxygen atoms in total. The number of nitrogens with zero attached hydrogens (tertiary/aromatic N) is 1. The number of benzene rings is 1. The van der Waals surface area contributed by atoms with Gasteiger partial charge in [-0.05, 0) is 39.7 Å². The van der Waals surface area contributed by atoms with Gasteiger partial charge in [0, 0.05) is 16.4 Å². The van der Waals surface area contributed by atoms with Crippen molar-refractivity contribution < 1.29 is 14.7 Å². The molecule has 0 saturated heterocycles. The summed E-state index contributed by atoms with van der Waals surface area (Å²) in [5, 5.41) is 11.5. The number of aliphatic carboxylic acids is 1. The molecule has 21 heavy (non-hydrogen) atoms. The van der Waals surface area contributed by atoms with Crippen molar-refractivity contribution in [2.24, 2.45) is 0 Å². The molecular formula is C14H10BrClN2O3. The van der Waals surface area contributed by atoms with E-state index in [0.29, 0.717) is 15.7 Å². The quantitative estimate of drug-likeness (QED) is 0.810. The van der Waals surface area contributed by atoms with Gasteiger partial charge in [0.15, 0.2) is 0 Å². The molecule has 0 spiro atoms. The molecule has 7 heteroatoms. The fraction of sp³-hybridized carbons (Fsp3) is 0.0714. The Morgan fingerprint density at radius 1 is 1.33 bits per heavy atom. The van der Waals surface area contributed by atoms with Crippen LogP contribution in [0.1, 0.15) is 15.9 Å². The van der Waals surface area contributed by atoms with E-state index >= 15 is 0 Å². The molecule has 0 aliphatic rings. The summed E-state index contributed by atoms with van der Waals surface area (Å²) >= 11 is 9.11. The molecule has 0 bridgehead atoms. The van der Waals surface area contributed by atoms with Crippen molar-refractivity contribution in [3.05, 3.63) is 57.3 Å². The van der Waals surface area contributed by atoms with E-state index in [-0.39, 0.29) is 17.1 Å². The standard InChI is InChI=1S/C14H10BrClN2O3/c15-9-6-11(13(16)17-7-9)14(21)18-10-3-1-2-8(4-10)5-12(19)20/h1-4,6-7H,5H2,(H,18,21)(H,19,20). The Bertz CT molecular complexity index is 706. The molecule has 1 heterocycles. The minimum Gasteiger partial charge on any atom is -0.481 e. The van der Waals surface area contributed by atoms with Crippen molar-refractivity contribution in [1.29, 1.82) is 0 Å². The van der Waals surface area contributed by atoms with Crippen LogP contribution >= 0.6 is 27.5 Å². The lowest BCUT2D eigenvalue weighted by Crippen LogP contribution is -2.13. The number of hydrogen-bond acceptors (Lipinski definition) is 3. The Morgan fingerprint density at radius 3 is 2.81 bits per heavy atom. The second kappa shape index (κ2) is 6.69. The molecule has 108 valence electrons. The average molecular weight is 370 g/mol. The average Bonchev–Trinajstić information content (AvgIpc) is 2.41. The van der Waals surface area contributed by atoms with Gasteiger partial charge in [0.05, 0.1) is 12.0 Å². The summed E-state index contributed by atoms with van der Waals surface area (Å²) in [7, 11) is 0. The first-order chi connectivity index (χ1) is 9.95. The second-order valence-corrected chi connectivity index (χ2v) is 5.49. The van der Waals surface area contributed by atoms with E-state index in [4.69, 9.17) is 16.7 Å². The van der Waals surface area contributed by atoms with E-state index in [1.165, 1.54) is 6.20 Å². The van der Waals surface area contributed by atoms with Crippen LogP contribution in [0.25, 0.3) is 0 Å². The Balaban J connectivity index is 2.19. The first-order valence-electron chi connectivity index (χ1n) is 5.89. The van der Waals surface area contributed by atoms with Gasteiger partial charge < -0.3 is 10.4 Å². The van der Waals surface area contributed by atoms with E-state index in [0.717, 1.165) is 0 Å². The number of hydrogen-bond donors (Lipinski definition) is 2. The first kappa shape index (κ1) is 15.5. The van der Waals surface area contributed by atoms with Gasteiger partial charge in [-0.3, -0.25) is 9.59 Å². The van der Waals surface area contributed by atoms with Crippen molar-refractivity contribution in [3.8, 4) is 0 Å². The monoisotopic (exact) mass is 368 g/mol. The maximum absolute atomic E-state index is 12.1. The van der Waals surface area contributed by atoms with E-state index < -0.39 is 11.9 Å². The van der Waals surface area contributed by atoms with Crippen molar-refractivity contribution in [1.82, 2.24) is 4.98 Å². The summed E-state index contributed by atoms with van der Waals surface area (Å²) in [6.45, 7) is 0. The smallest absolute Gasteiger partial charge is 0.307 e. The first-order valence-corrected chi connectivity index (χ1v) is 7.06. The third-order valence-corrected chi connectivity index (χ3v) is 3.33. The summed E-state index contributed by atoms with van der Waals surface area (Å²) in [5.41, 5.74) is 1.32.